The lowest BCUT2D eigenvalue weighted by atomic mass is 9.95. The Bertz CT molecular complexity index is 550. The van der Waals surface area contributed by atoms with Crippen molar-refractivity contribution >= 4 is 5.97 Å². The van der Waals surface area contributed by atoms with E-state index < -0.39 is 5.92 Å². The molecule has 0 amide bonds. The Morgan fingerprint density at radius 3 is 2.74 bits per heavy atom. The molecule has 0 aliphatic heterocycles. The standard InChI is InChI=1S/C14H17N3O2/c1-9(2)12(14(18)19-3)13-16-8-6-11(17-13)10-5-4-7-15-10/h4-9,12,15H,1-3H3. The van der Waals surface area contributed by atoms with Crippen molar-refractivity contribution in [2.24, 2.45) is 5.92 Å². The Hall–Kier alpha value is -2.17. The minimum absolute atomic E-state index is 0.0753. The van der Waals surface area contributed by atoms with Crippen LogP contribution in [0.4, 0.5) is 0 Å². The third-order valence-corrected chi connectivity index (χ3v) is 2.95. The zero-order chi connectivity index (χ0) is 13.8. The second-order valence-electron chi connectivity index (χ2n) is 4.63. The minimum atomic E-state index is -0.445. The number of methoxy groups -OCH3 is 1. The Kier molecular flexibility index (Phi) is 3.94. The smallest absolute Gasteiger partial charge is 0.316 e. The van der Waals surface area contributed by atoms with Gasteiger partial charge in [-0.2, -0.15) is 0 Å². The monoisotopic (exact) mass is 259 g/mol. The van der Waals surface area contributed by atoms with Crippen molar-refractivity contribution in [2.45, 2.75) is 19.8 Å². The van der Waals surface area contributed by atoms with Crippen LogP contribution in [0.2, 0.25) is 0 Å². The number of esters is 1. The molecule has 1 N–H and O–H groups in total. The van der Waals surface area contributed by atoms with Crippen molar-refractivity contribution in [2.75, 3.05) is 7.11 Å². The van der Waals surface area contributed by atoms with Gasteiger partial charge in [-0.1, -0.05) is 13.8 Å². The summed E-state index contributed by atoms with van der Waals surface area (Å²) in [5.74, 6) is -0.182. The highest BCUT2D eigenvalue weighted by Gasteiger charge is 2.28. The van der Waals surface area contributed by atoms with E-state index in [0.717, 1.165) is 11.4 Å². The molecule has 0 aromatic carbocycles. The molecule has 0 spiro atoms. The number of carbonyl (C=O) groups is 1. The molecule has 0 bridgehead atoms. The second kappa shape index (κ2) is 5.65. The van der Waals surface area contributed by atoms with Gasteiger partial charge in [0.1, 0.15) is 11.7 Å². The highest BCUT2D eigenvalue weighted by molar-refractivity contribution is 5.77. The van der Waals surface area contributed by atoms with Crippen LogP contribution in [0.25, 0.3) is 11.4 Å². The molecule has 2 aromatic heterocycles. The normalized spacial score (nSPS) is 12.4. The lowest BCUT2D eigenvalue weighted by molar-refractivity contribution is -0.143. The maximum atomic E-state index is 11.8. The summed E-state index contributed by atoms with van der Waals surface area (Å²) in [5.41, 5.74) is 1.67. The van der Waals surface area contributed by atoms with Crippen LogP contribution < -0.4 is 0 Å². The Morgan fingerprint density at radius 2 is 2.16 bits per heavy atom. The highest BCUT2D eigenvalue weighted by atomic mass is 16.5. The van der Waals surface area contributed by atoms with Gasteiger partial charge in [-0.25, -0.2) is 9.97 Å². The van der Waals surface area contributed by atoms with Crippen LogP contribution in [0.1, 0.15) is 25.6 Å². The zero-order valence-electron chi connectivity index (χ0n) is 11.3. The number of nitrogens with one attached hydrogen (secondary N) is 1. The van der Waals surface area contributed by atoms with Gasteiger partial charge in [-0.05, 0) is 24.1 Å². The topological polar surface area (TPSA) is 67.9 Å². The van der Waals surface area contributed by atoms with Crippen LogP contribution in [0.3, 0.4) is 0 Å². The van der Waals surface area contributed by atoms with E-state index in [0.29, 0.717) is 5.82 Å². The van der Waals surface area contributed by atoms with Gasteiger partial charge in [0, 0.05) is 12.4 Å². The van der Waals surface area contributed by atoms with E-state index in [2.05, 4.69) is 15.0 Å². The number of rotatable bonds is 4. The number of ether oxygens (including phenoxy) is 1. The summed E-state index contributed by atoms with van der Waals surface area (Å²) < 4.78 is 4.83. The average molecular weight is 259 g/mol. The number of nitrogens with zero attached hydrogens (tertiary/aromatic N) is 2. The Balaban J connectivity index is 2.39. The molecule has 1 atom stereocenters. The molecule has 19 heavy (non-hydrogen) atoms. The molecule has 0 saturated heterocycles. The van der Waals surface area contributed by atoms with Gasteiger partial charge in [-0.15, -0.1) is 0 Å². The molecule has 0 saturated carbocycles. The number of carbonyl (C=O) groups excluding carboxylic acids is 1. The van der Waals surface area contributed by atoms with Crippen LogP contribution in [0.5, 0.6) is 0 Å². The van der Waals surface area contributed by atoms with Crippen molar-refractivity contribution in [3.63, 3.8) is 0 Å². The highest BCUT2D eigenvalue weighted by Crippen LogP contribution is 2.24. The van der Waals surface area contributed by atoms with E-state index >= 15 is 0 Å². The number of H-pyrrole nitrogens is 1. The van der Waals surface area contributed by atoms with Gasteiger partial charge in [0.15, 0.2) is 0 Å². The zero-order valence-corrected chi connectivity index (χ0v) is 11.3. The summed E-state index contributed by atoms with van der Waals surface area (Å²) >= 11 is 0. The molecule has 100 valence electrons. The predicted octanol–water partition coefficient (Wildman–Crippen LogP) is 2.38. The fourth-order valence-electron chi connectivity index (χ4n) is 1.97. The summed E-state index contributed by atoms with van der Waals surface area (Å²) in [6, 6.07) is 5.63. The fraction of sp³-hybridized carbons (Fsp3) is 0.357. The summed E-state index contributed by atoms with van der Waals surface area (Å²) in [7, 11) is 1.38. The van der Waals surface area contributed by atoms with Crippen LogP contribution >= 0.6 is 0 Å². The van der Waals surface area contributed by atoms with Crippen LogP contribution in [0, 0.1) is 5.92 Å². The molecule has 0 aliphatic carbocycles. The van der Waals surface area contributed by atoms with Crippen LogP contribution in [0.15, 0.2) is 30.6 Å². The SMILES string of the molecule is COC(=O)C(c1nccc(-c2ccc[nH]2)n1)C(C)C. The molecule has 2 aromatic rings. The van der Waals surface area contributed by atoms with Gasteiger partial charge < -0.3 is 9.72 Å². The molecule has 0 fully saturated rings. The lowest BCUT2D eigenvalue weighted by Gasteiger charge is -2.17. The molecule has 2 rings (SSSR count). The summed E-state index contributed by atoms with van der Waals surface area (Å²) in [5, 5.41) is 0. The number of aromatic nitrogens is 3. The van der Waals surface area contributed by atoms with Gasteiger partial charge in [0.05, 0.1) is 18.5 Å². The van der Waals surface area contributed by atoms with Crippen molar-refractivity contribution < 1.29 is 9.53 Å². The number of aromatic amines is 1. The summed E-state index contributed by atoms with van der Waals surface area (Å²) in [4.78, 5) is 23.6. The van der Waals surface area contributed by atoms with Gasteiger partial charge in [-0.3, -0.25) is 4.79 Å². The van der Waals surface area contributed by atoms with E-state index in [1.54, 1.807) is 6.20 Å². The van der Waals surface area contributed by atoms with Crippen molar-refractivity contribution in [3.8, 4) is 11.4 Å². The van der Waals surface area contributed by atoms with E-state index in [4.69, 9.17) is 4.74 Å². The summed E-state index contributed by atoms with van der Waals surface area (Å²) in [6.07, 6.45) is 3.49. The van der Waals surface area contributed by atoms with Gasteiger partial charge >= 0.3 is 5.97 Å². The minimum Gasteiger partial charge on any atom is -0.468 e. The predicted molar refractivity (Wildman–Crippen MR) is 71.4 cm³/mol. The molecule has 2 heterocycles. The molecule has 0 radical (unpaired) electrons. The third kappa shape index (κ3) is 2.81. The molecule has 5 heteroatoms. The second-order valence-corrected chi connectivity index (χ2v) is 4.63. The Morgan fingerprint density at radius 1 is 1.37 bits per heavy atom. The first kappa shape index (κ1) is 13.3. The molecular weight excluding hydrogens is 242 g/mol. The lowest BCUT2D eigenvalue weighted by Crippen LogP contribution is -2.22. The maximum absolute atomic E-state index is 11.8. The third-order valence-electron chi connectivity index (χ3n) is 2.95. The molecule has 5 nitrogen and oxygen atoms in total. The first-order valence-electron chi connectivity index (χ1n) is 6.18. The van der Waals surface area contributed by atoms with Crippen molar-refractivity contribution in [1.29, 1.82) is 0 Å². The van der Waals surface area contributed by atoms with Crippen molar-refractivity contribution in [3.05, 3.63) is 36.4 Å². The van der Waals surface area contributed by atoms with E-state index in [-0.39, 0.29) is 11.9 Å². The maximum Gasteiger partial charge on any atom is 0.316 e. The number of hydrogen-bond acceptors (Lipinski definition) is 4. The fourth-order valence-corrected chi connectivity index (χ4v) is 1.97. The van der Waals surface area contributed by atoms with Crippen molar-refractivity contribution in [1.82, 2.24) is 15.0 Å². The van der Waals surface area contributed by atoms with E-state index in [9.17, 15) is 4.79 Å². The quantitative estimate of drug-likeness (QED) is 0.856. The first-order valence-corrected chi connectivity index (χ1v) is 6.18. The molecule has 0 aliphatic rings. The van der Waals surface area contributed by atoms with E-state index in [1.165, 1.54) is 7.11 Å². The van der Waals surface area contributed by atoms with Crippen LogP contribution in [-0.2, 0) is 9.53 Å². The number of hydrogen-bond donors (Lipinski definition) is 1. The largest absolute Gasteiger partial charge is 0.468 e. The molecular formula is C14H17N3O2. The van der Waals surface area contributed by atoms with Crippen LogP contribution in [-0.4, -0.2) is 28.0 Å². The van der Waals surface area contributed by atoms with Gasteiger partial charge in [0.25, 0.3) is 0 Å². The van der Waals surface area contributed by atoms with E-state index in [1.807, 2.05) is 38.2 Å². The molecule has 1 unspecified atom stereocenters. The average Bonchev–Trinajstić information content (AvgIpc) is 2.92. The first-order chi connectivity index (χ1) is 9.13. The Labute approximate surface area is 112 Å². The summed E-state index contributed by atoms with van der Waals surface area (Å²) in [6.45, 7) is 3.90. The van der Waals surface area contributed by atoms with Gasteiger partial charge in [0.2, 0.25) is 0 Å².